The fourth-order valence-corrected chi connectivity index (χ4v) is 3.54. The molecule has 0 aromatic carbocycles. The van der Waals surface area contributed by atoms with Crippen LogP contribution in [0.25, 0.3) is 0 Å². The van der Waals surface area contributed by atoms with Gasteiger partial charge in [-0.15, -0.1) is 0 Å². The van der Waals surface area contributed by atoms with Gasteiger partial charge in [0.1, 0.15) is 12.8 Å². The number of halogens is 1. The normalized spacial score (nSPS) is 27.8. The molecular weight excluding hydrogens is 307 g/mol. The van der Waals surface area contributed by atoms with Crippen molar-refractivity contribution < 1.29 is 13.9 Å². The number of nitrogens with zero attached hydrogens (tertiary/aromatic N) is 2. The van der Waals surface area contributed by atoms with Gasteiger partial charge in [-0.25, -0.2) is 9.37 Å². The van der Waals surface area contributed by atoms with Gasteiger partial charge in [0.25, 0.3) is 5.88 Å². The van der Waals surface area contributed by atoms with Crippen molar-refractivity contribution in [3.05, 3.63) is 42.1 Å². The van der Waals surface area contributed by atoms with Crippen molar-refractivity contribution in [1.82, 2.24) is 9.88 Å². The van der Waals surface area contributed by atoms with Gasteiger partial charge in [-0.3, -0.25) is 0 Å². The van der Waals surface area contributed by atoms with E-state index in [-0.39, 0.29) is 6.10 Å². The number of hydrogen-bond donors (Lipinski definition) is 0. The standard InChI is InChI=1S/C19H23FN2O2/c20-16-7-10-22(11-8-16)12-14-3-5-15(6-4-14)18-13-23-17-2-1-9-21-19(17)24-18/h1-3,5-6,9,14,16,18H,4,7-8,10-13H2/t14?,18-/m1/s1. The van der Waals surface area contributed by atoms with Crippen LogP contribution in [0.2, 0.25) is 0 Å². The largest absolute Gasteiger partial charge is 0.484 e. The van der Waals surface area contributed by atoms with E-state index in [4.69, 9.17) is 9.47 Å². The van der Waals surface area contributed by atoms with E-state index in [1.54, 1.807) is 6.20 Å². The highest BCUT2D eigenvalue weighted by Crippen LogP contribution is 2.32. The van der Waals surface area contributed by atoms with E-state index in [9.17, 15) is 4.39 Å². The van der Waals surface area contributed by atoms with Crippen LogP contribution in [0.3, 0.4) is 0 Å². The second-order valence-corrected chi connectivity index (χ2v) is 6.76. The minimum atomic E-state index is -0.602. The molecule has 0 N–H and O–H groups in total. The lowest BCUT2D eigenvalue weighted by Crippen LogP contribution is -2.37. The Hall–Kier alpha value is -1.88. The number of allylic oxidation sites excluding steroid dienone is 1. The van der Waals surface area contributed by atoms with Crippen molar-refractivity contribution in [1.29, 1.82) is 0 Å². The number of likely N-dealkylation sites (tertiary alicyclic amines) is 1. The summed E-state index contributed by atoms with van der Waals surface area (Å²) in [5.41, 5.74) is 1.16. The summed E-state index contributed by atoms with van der Waals surface area (Å²) in [6, 6.07) is 3.72. The van der Waals surface area contributed by atoms with Crippen LogP contribution in [-0.2, 0) is 0 Å². The van der Waals surface area contributed by atoms with E-state index in [1.165, 1.54) is 0 Å². The number of fused-ring (bicyclic) bond motifs is 1. The zero-order chi connectivity index (χ0) is 16.4. The molecule has 0 saturated carbocycles. The van der Waals surface area contributed by atoms with Crippen LogP contribution in [0.4, 0.5) is 4.39 Å². The molecule has 0 radical (unpaired) electrons. The Labute approximate surface area is 142 Å². The third-order valence-electron chi connectivity index (χ3n) is 4.98. The fourth-order valence-electron chi connectivity index (χ4n) is 3.54. The predicted octanol–water partition coefficient (Wildman–Crippen LogP) is 3.16. The summed E-state index contributed by atoms with van der Waals surface area (Å²) in [7, 11) is 0. The molecule has 128 valence electrons. The van der Waals surface area contributed by atoms with Crippen molar-refractivity contribution in [2.24, 2.45) is 5.92 Å². The highest BCUT2D eigenvalue weighted by atomic mass is 19.1. The molecule has 0 bridgehead atoms. The lowest BCUT2D eigenvalue weighted by Gasteiger charge is -2.32. The smallest absolute Gasteiger partial charge is 0.257 e. The molecule has 0 spiro atoms. The van der Waals surface area contributed by atoms with Gasteiger partial charge < -0.3 is 14.4 Å². The molecule has 3 aliphatic rings. The third kappa shape index (κ3) is 3.46. The molecule has 24 heavy (non-hydrogen) atoms. The van der Waals surface area contributed by atoms with E-state index in [2.05, 4.69) is 28.1 Å². The SMILES string of the molecule is FC1CCN(CC2C=CC([C@H]3COc4cccnc4O3)=CC2)CC1. The molecule has 4 nitrogen and oxygen atoms in total. The lowest BCUT2D eigenvalue weighted by atomic mass is 9.93. The summed E-state index contributed by atoms with van der Waals surface area (Å²) in [6.45, 7) is 3.29. The summed E-state index contributed by atoms with van der Waals surface area (Å²) in [5.74, 6) is 1.78. The molecule has 1 aliphatic carbocycles. The van der Waals surface area contributed by atoms with Gasteiger partial charge in [0, 0.05) is 25.8 Å². The van der Waals surface area contributed by atoms with E-state index < -0.39 is 6.17 Å². The molecule has 3 heterocycles. The molecule has 1 aromatic rings. The highest BCUT2D eigenvalue weighted by Gasteiger charge is 2.26. The van der Waals surface area contributed by atoms with Crippen molar-refractivity contribution in [2.75, 3.05) is 26.2 Å². The maximum absolute atomic E-state index is 13.2. The predicted molar refractivity (Wildman–Crippen MR) is 90.0 cm³/mol. The van der Waals surface area contributed by atoms with Gasteiger partial charge in [-0.2, -0.15) is 0 Å². The van der Waals surface area contributed by atoms with Gasteiger partial charge in [-0.1, -0.05) is 18.2 Å². The first kappa shape index (κ1) is 15.6. The molecule has 2 atom stereocenters. The maximum atomic E-state index is 13.2. The number of hydrogen-bond acceptors (Lipinski definition) is 4. The number of pyridine rings is 1. The minimum Gasteiger partial charge on any atom is -0.484 e. The van der Waals surface area contributed by atoms with E-state index in [0.29, 0.717) is 37.0 Å². The minimum absolute atomic E-state index is 0.0908. The van der Waals surface area contributed by atoms with Gasteiger partial charge in [0.05, 0.1) is 0 Å². The highest BCUT2D eigenvalue weighted by molar-refractivity contribution is 5.37. The first-order valence-electron chi connectivity index (χ1n) is 8.77. The van der Waals surface area contributed by atoms with Crippen molar-refractivity contribution in [3.8, 4) is 11.6 Å². The average Bonchev–Trinajstić information content (AvgIpc) is 2.64. The first-order chi connectivity index (χ1) is 11.8. The van der Waals surface area contributed by atoms with Gasteiger partial charge >= 0.3 is 0 Å². The summed E-state index contributed by atoms with van der Waals surface area (Å²) in [5, 5.41) is 0. The van der Waals surface area contributed by atoms with Crippen molar-refractivity contribution in [3.63, 3.8) is 0 Å². The molecular formula is C19H23FN2O2. The van der Waals surface area contributed by atoms with Gasteiger partial charge in [-0.05, 0) is 42.9 Å². The summed E-state index contributed by atoms with van der Waals surface area (Å²) in [6.07, 6.45) is 10.0. The fraction of sp³-hybridized carbons (Fsp3) is 0.526. The summed E-state index contributed by atoms with van der Waals surface area (Å²) < 4.78 is 24.9. The topological polar surface area (TPSA) is 34.6 Å². The Morgan fingerprint density at radius 2 is 2.17 bits per heavy atom. The van der Waals surface area contributed by atoms with Crippen LogP contribution in [0, 0.1) is 5.92 Å². The maximum Gasteiger partial charge on any atom is 0.257 e. The Morgan fingerprint density at radius 1 is 1.29 bits per heavy atom. The first-order valence-corrected chi connectivity index (χ1v) is 8.77. The van der Waals surface area contributed by atoms with Crippen LogP contribution >= 0.6 is 0 Å². The average molecular weight is 330 g/mol. The number of alkyl halides is 1. The Balaban J connectivity index is 1.32. The Morgan fingerprint density at radius 3 is 2.96 bits per heavy atom. The Kier molecular flexibility index (Phi) is 4.52. The zero-order valence-electron chi connectivity index (χ0n) is 13.7. The lowest BCUT2D eigenvalue weighted by molar-refractivity contribution is 0.110. The second-order valence-electron chi connectivity index (χ2n) is 6.76. The van der Waals surface area contributed by atoms with Crippen molar-refractivity contribution >= 4 is 0 Å². The van der Waals surface area contributed by atoms with E-state index in [1.807, 2.05) is 12.1 Å². The quantitative estimate of drug-likeness (QED) is 0.853. The molecule has 1 saturated heterocycles. The van der Waals surface area contributed by atoms with Crippen LogP contribution in [0.1, 0.15) is 19.3 Å². The van der Waals surface area contributed by atoms with Crippen molar-refractivity contribution in [2.45, 2.75) is 31.5 Å². The van der Waals surface area contributed by atoms with Crippen LogP contribution in [0.5, 0.6) is 11.6 Å². The number of piperidine rings is 1. The molecule has 4 rings (SSSR count). The van der Waals surface area contributed by atoms with Gasteiger partial charge in [0.2, 0.25) is 0 Å². The zero-order valence-corrected chi connectivity index (χ0v) is 13.7. The van der Waals surface area contributed by atoms with Crippen LogP contribution in [0.15, 0.2) is 42.1 Å². The molecule has 1 aromatic heterocycles. The molecule has 1 unspecified atom stereocenters. The second kappa shape index (κ2) is 6.93. The van der Waals surface area contributed by atoms with E-state index in [0.717, 1.165) is 31.6 Å². The summed E-state index contributed by atoms with van der Waals surface area (Å²) in [4.78, 5) is 6.61. The molecule has 1 fully saturated rings. The molecule has 2 aliphatic heterocycles. The number of aromatic nitrogens is 1. The van der Waals surface area contributed by atoms with Gasteiger partial charge in [0.15, 0.2) is 11.9 Å². The van der Waals surface area contributed by atoms with E-state index >= 15 is 0 Å². The Bertz CT molecular complexity index is 638. The monoisotopic (exact) mass is 330 g/mol. The van der Waals surface area contributed by atoms with Crippen LogP contribution in [-0.4, -0.2) is 48.4 Å². The van der Waals surface area contributed by atoms with Crippen LogP contribution < -0.4 is 9.47 Å². The third-order valence-corrected chi connectivity index (χ3v) is 4.98. The molecule has 5 heteroatoms. The number of rotatable bonds is 3. The summed E-state index contributed by atoms with van der Waals surface area (Å²) >= 11 is 0. The molecule has 0 amide bonds. The number of ether oxygens (including phenoxy) is 2.